The monoisotopic (exact) mass is 169 g/mol. The largest absolute Gasteiger partial charge is 0.224 e. The van der Waals surface area contributed by atoms with Crippen LogP contribution < -0.4 is 5.43 Å². The van der Waals surface area contributed by atoms with Crippen LogP contribution in [0.3, 0.4) is 0 Å². The summed E-state index contributed by atoms with van der Waals surface area (Å²) in [4.78, 5) is 0. The van der Waals surface area contributed by atoms with E-state index < -0.39 is 0 Å². The van der Waals surface area contributed by atoms with Gasteiger partial charge in [0.15, 0.2) is 0 Å². The van der Waals surface area contributed by atoms with Gasteiger partial charge in [-0.3, -0.25) is 0 Å². The fraction of sp³-hybridized carbons (Fsp3) is 1.00. The van der Waals surface area contributed by atoms with Crippen molar-refractivity contribution in [2.75, 3.05) is 13.1 Å². The molecule has 0 bridgehead atoms. The van der Waals surface area contributed by atoms with Crippen LogP contribution in [-0.4, -0.2) is 24.1 Å². The average molecular weight is 169 g/mol. The van der Waals surface area contributed by atoms with E-state index >= 15 is 0 Å². The maximum absolute atomic E-state index is 4.53. The summed E-state index contributed by atoms with van der Waals surface area (Å²) in [6, 6.07) is 0.768. The minimum atomic E-state index is 0.768. The van der Waals surface area contributed by atoms with Crippen molar-refractivity contribution in [1.29, 1.82) is 0 Å². The van der Waals surface area contributed by atoms with Crippen LogP contribution in [0.15, 0.2) is 0 Å². The molecule has 2 nitrogen and oxygen atoms in total. The molecule has 0 heterocycles. The summed E-state index contributed by atoms with van der Waals surface area (Å²) in [5.74, 6) is 0. The van der Waals surface area contributed by atoms with Gasteiger partial charge in [-0.05, 0) is 26.2 Å². The predicted molar refractivity (Wildman–Crippen MR) is 51.9 cm³/mol. The van der Waals surface area contributed by atoms with Crippen molar-refractivity contribution in [3.8, 4) is 0 Å². The lowest BCUT2D eigenvalue weighted by atomic mass is 10.2. The van der Waals surface area contributed by atoms with E-state index in [2.05, 4.69) is 24.3 Å². The fourth-order valence-corrected chi connectivity index (χ4v) is 1.98. The standard InChI is InChI=1S/C10H21N2/c1-3-9-12(11-4-2)10-7-5-6-8-10/h10H,3-9H2,1-2H3. The molecular formula is C10H21N2. The summed E-state index contributed by atoms with van der Waals surface area (Å²) in [5.41, 5.74) is 4.53. The van der Waals surface area contributed by atoms with E-state index in [1.54, 1.807) is 0 Å². The third kappa shape index (κ3) is 2.76. The predicted octanol–water partition coefficient (Wildman–Crippen LogP) is 2.18. The van der Waals surface area contributed by atoms with Crippen LogP contribution in [0.1, 0.15) is 46.0 Å². The highest BCUT2D eigenvalue weighted by molar-refractivity contribution is 4.74. The van der Waals surface area contributed by atoms with E-state index in [-0.39, 0.29) is 0 Å². The molecule has 1 saturated carbocycles. The highest BCUT2D eigenvalue weighted by atomic mass is 15.5. The van der Waals surface area contributed by atoms with Gasteiger partial charge in [-0.1, -0.05) is 19.8 Å². The minimum Gasteiger partial charge on any atom is -0.224 e. The molecule has 0 aliphatic heterocycles. The molecule has 1 radical (unpaired) electrons. The molecule has 0 amide bonds. The molecule has 71 valence electrons. The Balaban J connectivity index is 2.29. The molecule has 0 N–H and O–H groups in total. The van der Waals surface area contributed by atoms with Gasteiger partial charge in [0.1, 0.15) is 0 Å². The van der Waals surface area contributed by atoms with Gasteiger partial charge >= 0.3 is 0 Å². The minimum absolute atomic E-state index is 0.768. The molecule has 0 aromatic carbocycles. The second kappa shape index (κ2) is 5.55. The molecule has 1 rings (SSSR count). The van der Waals surface area contributed by atoms with Crippen molar-refractivity contribution in [1.82, 2.24) is 10.4 Å². The Morgan fingerprint density at radius 2 is 1.92 bits per heavy atom. The number of hydrogen-bond acceptors (Lipinski definition) is 1. The highest BCUT2D eigenvalue weighted by Gasteiger charge is 2.21. The van der Waals surface area contributed by atoms with E-state index in [9.17, 15) is 0 Å². The van der Waals surface area contributed by atoms with Crippen molar-refractivity contribution in [3.63, 3.8) is 0 Å². The van der Waals surface area contributed by atoms with Crippen molar-refractivity contribution in [2.45, 2.75) is 52.0 Å². The lowest BCUT2D eigenvalue weighted by Gasteiger charge is -2.26. The number of rotatable bonds is 5. The Kier molecular flexibility index (Phi) is 4.62. The second-order valence-corrected chi connectivity index (χ2v) is 3.56. The lowest BCUT2D eigenvalue weighted by molar-refractivity contribution is 0.122. The van der Waals surface area contributed by atoms with Gasteiger partial charge in [0.25, 0.3) is 0 Å². The topological polar surface area (TPSA) is 17.3 Å². The first-order valence-corrected chi connectivity index (χ1v) is 5.32. The van der Waals surface area contributed by atoms with Crippen LogP contribution in [0.4, 0.5) is 0 Å². The fourth-order valence-electron chi connectivity index (χ4n) is 1.98. The van der Waals surface area contributed by atoms with E-state index in [4.69, 9.17) is 0 Å². The zero-order valence-corrected chi connectivity index (χ0v) is 8.42. The quantitative estimate of drug-likeness (QED) is 0.577. The summed E-state index contributed by atoms with van der Waals surface area (Å²) < 4.78 is 0. The van der Waals surface area contributed by atoms with Gasteiger partial charge in [-0.2, -0.15) is 5.43 Å². The third-order valence-corrected chi connectivity index (χ3v) is 2.52. The highest BCUT2D eigenvalue weighted by Crippen LogP contribution is 2.22. The molecule has 1 fully saturated rings. The molecule has 0 unspecified atom stereocenters. The summed E-state index contributed by atoms with van der Waals surface area (Å²) in [6.07, 6.45) is 6.77. The second-order valence-electron chi connectivity index (χ2n) is 3.56. The smallest absolute Gasteiger partial charge is 0.0278 e. The van der Waals surface area contributed by atoms with Gasteiger partial charge in [0.05, 0.1) is 0 Å². The number of hydrogen-bond donors (Lipinski definition) is 0. The van der Waals surface area contributed by atoms with E-state index in [1.165, 1.54) is 32.1 Å². The first kappa shape index (κ1) is 10.0. The van der Waals surface area contributed by atoms with Crippen LogP contribution in [0.5, 0.6) is 0 Å². The molecule has 0 aromatic heterocycles. The summed E-state index contributed by atoms with van der Waals surface area (Å²) in [7, 11) is 0. The maximum Gasteiger partial charge on any atom is 0.0278 e. The van der Waals surface area contributed by atoms with E-state index in [1.807, 2.05) is 0 Å². The molecule has 2 heteroatoms. The molecule has 0 atom stereocenters. The Morgan fingerprint density at radius 1 is 1.25 bits per heavy atom. The molecule has 12 heavy (non-hydrogen) atoms. The summed E-state index contributed by atoms with van der Waals surface area (Å²) in [6.45, 7) is 6.44. The summed E-state index contributed by atoms with van der Waals surface area (Å²) >= 11 is 0. The Labute approximate surface area is 76.3 Å². The molecule has 1 aliphatic carbocycles. The van der Waals surface area contributed by atoms with Crippen LogP contribution in [0.25, 0.3) is 0 Å². The van der Waals surface area contributed by atoms with E-state index in [0.29, 0.717) is 0 Å². The summed E-state index contributed by atoms with van der Waals surface area (Å²) in [5, 5.41) is 2.33. The van der Waals surface area contributed by atoms with Crippen LogP contribution in [-0.2, 0) is 0 Å². The third-order valence-electron chi connectivity index (χ3n) is 2.52. The Bertz CT molecular complexity index is 102. The molecule has 1 aliphatic rings. The first-order chi connectivity index (χ1) is 5.88. The zero-order valence-electron chi connectivity index (χ0n) is 8.42. The van der Waals surface area contributed by atoms with Crippen LogP contribution >= 0.6 is 0 Å². The van der Waals surface area contributed by atoms with Gasteiger partial charge in [-0.25, -0.2) is 5.01 Å². The molecular weight excluding hydrogens is 148 g/mol. The van der Waals surface area contributed by atoms with Gasteiger partial charge in [0, 0.05) is 19.1 Å². The first-order valence-electron chi connectivity index (χ1n) is 5.32. The van der Waals surface area contributed by atoms with Gasteiger partial charge < -0.3 is 0 Å². The maximum atomic E-state index is 4.53. The van der Waals surface area contributed by atoms with Crippen molar-refractivity contribution in [3.05, 3.63) is 0 Å². The average Bonchev–Trinajstić information content (AvgIpc) is 2.56. The zero-order chi connectivity index (χ0) is 8.81. The molecule has 0 aromatic rings. The molecule has 0 saturated heterocycles. The van der Waals surface area contributed by atoms with Crippen LogP contribution in [0.2, 0.25) is 0 Å². The lowest BCUT2D eigenvalue weighted by Crippen LogP contribution is -2.40. The van der Waals surface area contributed by atoms with Gasteiger partial charge in [-0.15, -0.1) is 0 Å². The SMILES string of the molecule is CCCN([N]CC)C1CCCC1. The Morgan fingerprint density at radius 3 is 2.42 bits per heavy atom. The van der Waals surface area contributed by atoms with Crippen molar-refractivity contribution >= 4 is 0 Å². The molecule has 0 spiro atoms. The number of nitrogens with zero attached hydrogens (tertiary/aromatic N) is 2. The van der Waals surface area contributed by atoms with Crippen LogP contribution in [0, 0.1) is 0 Å². The van der Waals surface area contributed by atoms with Crippen molar-refractivity contribution < 1.29 is 0 Å². The normalized spacial score (nSPS) is 19.2. The van der Waals surface area contributed by atoms with Gasteiger partial charge in [0.2, 0.25) is 0 Å². The van der Waals surface area contributed by atoms with Crippen molar-refractivity contribution in [2.24, 2.45) is 0 Å². The Hall–Kier alpha value is -0.0800. The van der Waals surface area contributed by atoms with E-state index in [0.717, 1.165) is 19.1 Å².